The van der Waals surface area contributed by atoms with E-state index in [0.29, 0.717) is 55.4 Å². The van der Waals surface area contributed by atoms with Crippen molar-refractivity contribution in [2.75, 3.05) is 44.7 Å². The van der Waals surface area contributed by atoms with E-state index in [4.69, 9.17) is 40.1 Å². The predicted octanol–water partition coefficient (Wildman–Crippen LogP) is -3.71. The van der Waals surface area contributed by atoms with Gasteiger partial charge in [-0.2, -0.15) is 11.8 Å². The van der Waals surface area contributed by atoms with Gasteiger partial charge in [-0.25, -0.2) is 0 Å². The van der Waals surface area contributed by atoms with Crippen LogP contribution < -0.4 is 82.7 Å². The molecule has 0 aromatic heterocycles. The Morgan fingerprint density at radius 1 is 0.537 bits per heavy atom. The molecule has 2 heterocycles. The second kappa shape index (κ2) is 41.0. The predicted molar refractivity (Wildman–Crippen MR) is 356 cm³/mol. The molecule has 0 spiro atoms. The Balaban J connectivity index is 1.56. The fourth-order valence-corrected chi connectivity index (χ4v) is 11.5. The van der Waals surface area contributed by atoms with Crippen molar-refractivity contribution in [2.24, 2.45) is 51.0 Å². The summed E-state index contributed by atoms with van der Waals surface area (Å²) < 4.78 is 0. The lowest BCUT2D eigenvalue weighted by Crippen LogP contribution is -2.60. The number of benzene rings is 2. The van der Waals surface area contributed by atoms with Gasteiger partial charge in [0.25, 0.3) is 0 Å². The average molecular weight is 1350 g/mol. The molecule has 10 atom stereocenters. The minimum absolute atomic E-state index is 0.0736. The molecular formula is C63H98N18O13S. The zero-order valence-electron chi connectivity index (χ0n) is 54.5. The second-order valence-electron chi connectivity index (χ2n) is 24.1. The van der Waals surface area contributed by atoms with Crippen molar-refractivity contribution in [2.45, 2.75) is 183 Å². The van der Waals surface area contributed by atoms with Crippen LogP contribution in [0.3, 0.4) is 0 Å². The van der Waals surface area contributed by atoms with Crippen molar-refractivity contribution in [3.05, 3.63) is 71.8 Å². The zero-order chi connectivity index (χ0) is 70.1. The number of amides is 13. The molecule has 2 aromatic carbocycles. The average Bonchev–Trinajstić information content (AvgIpc) is 1.74. The first-order chi connectivity index (χ1) is 45.2. The van der Waals surface area contributed by atoms with Gasteiger partial charge in [0, 0.05) is 45.3 Å². The molecule has 2 aliphatic heterocycles. The Morgan fingerprint density at radius 2 is 1.01 bits per heavy atom. The highest BCUT2D eigenvalue weighted by Gasteiger charge is 2.42. The number of rotatable bonds is 42. The molecule has 95 heavy (non-hydrogen) atoms. The molecule has 524 valence electrons. The van der Waals surface area contributed by atoms with E-state index < -0.39 is 169 Å². The largest absolute Gasteiger partial charge is 0.370 e. The third-order valence-corrected chi connectivity index (χ3v) is 16.7. The van der Waals surface area contributed by atoms with Crippen LogP contribution in [-0.2, 0) is 75.2 Å². The molecule has 2 saturated heterocycles. The maximum Gasteiger partial charge on any atom is 0.245 e. The summed E-state index contributed by atoms with van der Waals surface area (Å²) in [4.78, 5) is 185. The fourth-order valence-electron chi connectivity index (χ4n) is 11.0. The maximum atomic E-state index is 14.7. The third-order valence-electron chi connectivity index (χ3n) is 16.0. The molecule has 13 amide bonds. The van der Waals surface area contributed by atoms with Crippen LogP contribution >= 0.6 is 11.8 Å². The van der Waals surface area contributed by atoms with Crippen LogP contribution in [-0.4, -0.2) is 198 Å². The minimum atomic E-state index is -1.64. The first-order valence-corrected chi connectivity index (χ1v) is 33.6. The smallest absolute Gasteiger partial charge is 0.245 e. The number of carbonyl (C=O) groups is 13. The lowest BCUT2D eigenvalue weighted by molar-refractivity contribution is -0.144. The highest BCUT2D eigenvalue weighted by molar-refractivity contribution is 7.98. The Hall–Kier alpha value is -8.91. The molecule has 32 heteroatoms. The van der Waals surface area contributed by atoms with Crippen LogP contribution in [0.2, 0.25) is 0 Å². The number of nitrogens with two attached hydrogens (primary N) is 7. The summed E-state index contributed by atoms with van der Waals surface area (Å²) in [6.07, 6.45) is 3.12. The summed E-state index contributed by atoms with van der Waals surface area (Å²) in [7, 11) is 0. The summed E-state index contributed by atoms with van der Waals surface area (Å²) in [6, 6.07) is 4.51. The Kier molecular flexibility index (Phi) is 33.9. The summed E-state index contributed by atoms with van der Waals surface area (Å²) in [6.45, 7) is 3.86. The van der Waals surface area contributed by atoms with Crippen LogP contribution in [0.5, 0.6) is 0 Å². The van der Waals surface area contributed by atoms with Gasteiger partial charge in [0.2, 0.25) is 76.8 Å². The van der Waals surface area contributed by atoms with Crippen molar-refractivity contribution >= 4 is 94.5 Å². The van der Waals surface area contributed by atoms with Crippen LogP contribution in [0, 0.1) is 5.92 Å². The fraction of sp³-hybridized carbons (Fsp3) is 0.587. The van der Waals surface area contributed by atoms with Gasteiger partial charge in [0.05, 0.1) is 12.6 Å². The van der Waals surface area contributed by atoms with Crippen molar-refractivity contribution in [3.63, 3.8) is 0 Å². The lowest BCUT2D eigenvalue weighted by Gasteiger charge is -2.32. The number of thioether (sulfide) groups is 1. The van der Waals surface area contributed by atoms with E-state index in [9.17, 15) is 62.3 Å². The minimum Gasteiger partial charge on any atom is -0.370 e. The molecule has 2 fully saturated rings. The van der Waals surface area contributed by atoms with Gasteiger partial charge in [-0.1, -0.05) is 74.5 Å². The number of likely N-dealkylation sites (tertiary alicyclic amines) is 2. The van der Waals surface area contributed by atoms with Gasteiger partial charge in [0.1, 0.15) is 54.4 Å². The van der Waals surface area contributed by atoms with Crippen LogP contribution in [0.25, 0.3) is 0 Å². The van der Waals surface area contributed by atoms with Gasteiger partial charge in [-0.3, -0.25) is 67.3 Å². The SMILES string of the molecule is CSCC[C@H](NC(=O)[C@@H](CC(C)C)NC(=O)CNC(=O)[C@@H](Cc1ccccc1)NC(=O)[C@@H](Cc1ccccc1)NC(=O)[C@H](CCC(N)=O)NC(=O)[C@H](CCC(N)=O)NC(=O)[C@H]1CCCN1C(=O)[C@@H](CCCCN)NC(=O)[C@H]1CCCN1C(=O)[C@@H](N)CCCN=C(N)N)C(N)=O. The van der Waals surface area contributed by atoms with Crippen molar-refractivity contribution < 1.29 is 62.3 Å². The van der Waals surface area contributed by atoms with Crippen molar-refractivity contribution in [1.82, 2.24) is 52.3 Å². The molecule has 0 aliphatic carbocycles. The van der Waals surface area contributed by atoms with Gasteiger partial charge in [-0.15, -0.1) is 0 Å². The van der Waals surface area contributed by atoms with Gasteiger partial charge < -0.3 is 92.5 Å². The van der Waals surface area contributed by atoms with Gasteiger partial charge in [-0.05, 0) is 119 Å². The van der Waals surface area contributed by atoms with Crippen LogP contribution in [0.4, 0.5) is 0 Å². The monoisotopic (exact) mass is 1350 g/mol. The number of guanidine groups is 1. The molecule has 0 unspecified atom stereocenters. The van der Waals surface area contributed by atoms with E-state index in [1.807, 2.05) is 20.1 Å². The Morgan fingerprint density at radius 3 is 1.51 bits per heavy atom. The van der Waals surface area contributed by atoms with Gasteiger partial charge in [0.15, 0.2) is 5.96 Å². The molecule has 2 aliphatic rings. The lowest BCUT2D eigenvalue weighted by atomic mass is 10.0. The number of nitrogens with zero attached hydrogens (tertiary/aromatic N) is 3. The topological polar surface area (TPSA) is 519 Å². The molecule has 0 bridgehead atoms. The van der Waals surface area contributed by atoms with Crippen LogP contribution in [0.1, 0.15) is 121 Å². The maximum absolute atomic E-state index is 14.7. The molecule has 22 N–H and O–H groups in total. The van der Waals surface area contributed by atoms with Crippen molar-refractivity contribution in [1.29, 1.82) is 0 Å². The third kappa shape index (κ3) is 27.5. The molecular weight excluding hydrogens is 1250 g/mol. The van der Waals surface area contributed by atoms with Gasteiger partial charge >= 0.3 is 0 Å². The van der Waals surface area contributed by atoms with E-state index in [0.717, 1.165) is 0 Å². The highest BCUT2D eigenvalue weighted by Crippen LogP contribution is 2.24. The summed E-state index contributed by atoms with van der Waals surface area (Å²) in [5, 5.41) is 21.1. The van der Waals surface area contributed by atoms with Crippen LogP contribution in [0.15, 0.2) is 65.7 Å². The number of hydrogen-bond acceptors (Lipinski definition) is 17. The standard InChI is InChI=1S/C63H98N18O13S/c1-37(2)33-45(57(89)74-41(53(68)85)27-32-95-3)73-52(84)36-72-54(86)46(34-38-15-6-4-7-16-38)78-58(90)47(35-39-17-8-5-9-18-39)79-56(88)42(23-25-50(66)82)75-55(87)43(24-26-51(67)83)76-59(91)49-22-14-31-81(49)62(94)44(20-10-11-28-64)77-60(92)48-21-13-30-80(48)61(93)40(65)19-12-29-71-63(69)70/h4-9,15-18,37,40-49H,10-14,19-36,64-65H2,1-3H3,(H2,66,82)(H2,67,83)(H2,68,85)(H,72,86)(H,73,84)(H,74,89)(H,75,87)(H,76,91)(H,77,92)(H,78,90)(H,79,88)(H4,69,70,71)/t40-,41-,42-,43-,44+,45+,46+,47+,48+,49+/m0/s1. The normalized spacial score (nSPS) is 16.8. The van der Waals surface area contributed by atoms with E-state index in [1.54, 1.807) is 60.7 Å². The van der Waals surface area contributed by atoms with E-state index >= 15 is 0 Å². The first-order valence-electron chi connectivity index (χ1n) is 32.2. The number of hydrogen-bond donors (Lipinski definition) is 15. The molecule has 0 saturated carbocycles. The van der Waals surface area contributed by atoms with E-state index in [-0.39, 0.29) is 83.0 Å². The second-order valence-corrected chi connectivity index (χ2v) is 25.1. The zero-order valence-corrected chi connectivity index (χ0v) is 55.3. The molecule has 31 nitrogen and oxygen atoms in total. The molecule has 2 aromatic rings. The Labute approximate surface area is 558 Å². The number of primary amides is 3. The summed E-state index contributed by atoms with van der Waals surface area (Å²) in [5.74, 6) is -9.80. The van der Waals surface area contributed by atoms with Crippen molar-refractivity contribution in [3.8, 4) is 0 Å². The Bertz CT molecular complexity index is 2960. The van der Waals surface area contributed by atoms with E-state index in [2.05, 4.69) is 47.5 Å². The summed E-state index contributed by atoms with van der Waals surface area (Å²) in [5.41, 5.74) is 40.6. The first kappa shape index (κ1) is 78.5. The number of unbranched alkanes of at least 4 members (excludes halogenated alkanes) is 1. The molecule has 0 radical (unpaired) electrons. The summed E-state index contributed by atoms with van der Waals surface area (Å²) >= 11 is 1.45. The quantitative estimate of drug-likeness (QED) is 0.0173. The number of nitrogens with one attached hydrogen (secondary N) is 8. The number of carbonyl (C=O) groups excluding carboxylic acids is 13. The number of aliphatic imine (C=N–C) groups is 1. The highest BCUT2D eigenvalue weighted by atomic mass is 32.2. The van der Waals surface area contributed by atoms with E-state index in [1.165, 1.54) is 21.6 Å². The molecule has 4 rings (SSSR count).